The average molecular weight is 235 g/mol. The topological polar surface area (TPSA) is 153 Å². The van der Waals surface area contributed by atoms with Crippen molar-refractivity contribution in [1.82, 2.24) is 0 Å². The third-order valence-electron chi connectivity index (χ3n) is 1.79. The van der Waals surface area contributed by atoms with E-state index in [2.05, 4.69) is 0 Å². The molecule has 0 saturated heterocycles. The van der Waals surface area contributed by atoms with E-state index in [0.717, 1.165) is 0 Å². The average Bonchev–Trinajstić information content (AvgIpc) is 2.25. The molecule has 0 aliphatic rings. The molecule has 2 atom stereocenters. The zero-order valence-electron chi connectivity index (χ0n) is 9.43. The van der Waals surface area contributed by atoms with Crippen molar-refractivity contribution in [2.24, 2.45) is 17.2 Å². The summed E-state index contributed by atoms with van der Waals surface area (Å²) in [6, 6.07) is -1.42. The number of carboxylic acids is 2. The highest BCUT2D eigenvalue weighted by Crippen LogP contribution is 1.91. The summed E-state index contributed by atoms with van der Waals surface area (Å²) in [5.41, 5.74) is 15.3. The molecule has 0 aliphatic heterocycles. The van der Waals surface area contributed by atoms with E-state index in [1.165, 1.54) is 0 Å². The molecule has 0 aromatic carbocycles. The van der Waals surface area contributed by atoms with E-state index >= 15 is 0 Å². The Kier molecular flexibility index (Phi) is 11.1. The van der Waals surface area contributed by atoms with Gasteiger partial charge in [0.05, 0.1) is 0 Å². The summed E-state index contributed by atoms with van der Waals surface area (Å²) in [5, 5.41) is 16.3. The molecule has 7 heteroatoms. The molecule has 8 N–H and O–H groups in total. The van der Waals surface area contributed by atoms with Gasteiger partial charge in [-0.3, -0.25) is 9.59 Å². The Morgan fingerprint density at radius 3 is 1.75 bits per heavy atom. The Morgan fingerprint density at radius 1 is 1.12 bits per heavy atom. The molecule has 0 aromatic heterocycles. The number of nitrogens with two attached hydrogens (primary N) is 3. The van der Waals surface area contributed by atoms with Crippen molar-refractivity contribution in [3.05, 3.63) is 0 Å². The number of hydrogen-bond acceptors (Lipinski definition) is 5. The van der Waals surface area contributed by atoms with Crippen LogP contribution >= 0.6 is 0 Å². The van der Waals surface area contributed by atoms with E-state index < -0.39 is 24.0 Å². The zero-order chi connectivity index (χ0) is 13.1. The highest BCUT2D eigenvalue weighted by Gasteiger charge is 2.08. The van der Waals surface area contributed by atoms with Gasteiger partial charge >= 0.3 is 11.9 Å². The largest absolute Gasteiger partial charge is 0.480 e. The lowest BCUT2D eigenvalue weighted by molar-refractivity contribution is -0.139. The van der Waals surface area contributed by atoms with Crippen LogP contribution in [0.25, 0.3) is 0 Å². The summed E-state index contributed by atoms with van der Waals surface area (Å²) in [5.74, 6) is -1.88. The molecule has 0 aromatic rings. The highest BCUT2D eigenvalue weighted by molar-refractivity contribution is 5.73. The Hall–Kier alpha value is -1.18. The van der Waals surface area contributed by atoms with Crippen LogP contribution < -0.4 is 17.2 Å². The van der Waals surface area contributed by atoms with Crippen LogP contribution in [0.3, 0.4) is 0 Å². The van der Waals surface area contributed by atoms with E-state index in [9.17, 15) is 9.59 Å². The zero-order valence-corrected chi connectivity index (χ0v) is 9.43. The second-order valence-electron chi connectivity index (χ2n) is 3.23. The van der Waals surface area contributed by atoms with Gasteiger partial charge in [-0.25, -0.2) is 0 Å². The van der Waals surface area contributed by atoms with Crippen LogP contribution in [0.4, 0.5) is 0 Å². The van der Waals surface area contributed by atoms with Crippen molar-refractivity contribution in [3.8, 4) is 0 Å². The second-order valence-corrected chi connectivity index (χ2v) is 3.23. The predicted octanol–water partition coefficient (Wildman–Crippen LogP) is -1.05. The molecule has 0 saturated carbocycles. The summed E-state index contributed by atoms with van der Waals surface area (Å²) < 4.78 is 0. The maximum absolute atomic E-state index is 10.0. The molecular formula is C9H21N3O4. The van der Waals surface area contributed by atoms with Gasteiger partial charge in [-0.1, -0.05) is 6.92 Å². The second kappa shape index (κ2) is 10.3. The third kappa shape index (κ3) is 10.9. The Bertz CT molecular complexity index is 211. The minimum absolute atomic E-state index is 0.464. The van der Waals surface area contributed by atoms with E-state index in [1.54, 1.807) is 6.92 Å². The van der Waals surface area contributed by atoms with Crippen LogP contribution in [0, 0.1) is 0 Å². The quantitative estimate of drug-likeness (QED) is 0.393. The van der Waals surface area contributed by atoms with Crippen LogP contribution in [-0.4, -0.2) is 40.8 Å². The summed E-state index contributed by atoms with van der Waals surface area (Å²) in [6.45, 7) is 2.24. The molecule has 96 valence electrons. The number of carboxylic acid groups (broad SMARTS) is 2. The first kappa shape index (κ1) is 17.2. The smallest absolute Gasteiger partial charge is 0.320 e. The molecule has 0 spiro atoms. The fraction of sp³-hybridized carbons (Fsp3) is 0.778. The summed E-state index contributed by atoms with van der Waals surface area (Å²) >= 11 is 0. The molecule has 2 unspecified atom stereocenters. The Morgan fingerprint density at radius 2 is 1.56 bits per heavy atom. The summed E-state index contributed by atoms with van der Waals surface area (Å²) in [4.78, 5) is 19.8. The fourth-order valence-electron chi connectivity index (χ4n) is 0.636. The van der Waals surface area contributed by atoms with Gasteiger partial charge in [0.2, 0.25) is 0 Å². The molecule has 7 nitrogen and oxygen atoms in total. The first-order chi connectivity index (χ1) is 7.36. The van der Waals surface area contributed by atoms with Crippen molar-refractivity contribution >= 4 is 11.9 Å². The SMILES string of the molecule is CCC(N)C(=O)O.NCCCC(N)C(=O)O. The van der Waals surface area contributed by atoms with Gasteiger partial charge in [-0.15, -0.1) is 0 Å². The summed E-state index contributed by atoms with van der Waals surface area (Å²) in [7, 11) is 0. The van der Waals surface area contributed by atoms with Gasteiger partial charge in [0.15, 0.2) is 0 Å². The van der Waals surface area contributed by atoms with E-state index in [4.69, 9.17) is 27.4 Å². The first-order valence-corrected chi connectivity index (χ1v) is 5.03. The van der Waals surface area contributed by atoms with Gasteiger partial charge in [0.25, 0.3) is 0 Å². The number of rotatable bonds is 6. The van der Waals surface area contributed by atoms with Crippen molar-refractivity contribution in [1.29, 1.82) is 0 Å². The minimum Gasteiger partial charge on any atom is -0.480 e. The molecule has 0 fully saturated rings. The lowest BCUT2D eigenvalue weighted by Crippen LogP contribution is -2.30. The molecule has 0 amide bonds. The molecule has 0 aliphatic carbocycles. The monoisotopic (exact) mass is 235 g/mol. The van der Waals surface area contributed by atoms with E-state index in [1.807, 2.05) is 0 Å². The van der Waals surface area contributed by atoms with E-state index in [-0.39, 0.29) is 0 Å². The van der Waals surface area contributed by atoms with Gasteiger partial charge < -0.3 is 27.4 Å². The maximum atomic E-state index is 10.0. The van der Waals surface area contributed by atoms with Crippen LogP contribution in [-0.2, 0) is 9.59 Å². The number of carbonyl (C=O) groups is 2. The Labute approximate surface area is 94.6 Å². The first-order valence-electron chi connectivity index (χ1n) is 5.03. The standard InChI is InChI=1S/C5H12N2O2.C4H9NO2/c6-3-1-2-4(7)5(8)9;1-2-3(5)4(6)7/h4H,1-3,6-7H2,(H,8,9);3H,2,5H2,1H3,(H,6,7). The van der Waals surface area contributed by atoms with Gasteiger partial charge in [-0.2, -0.15) is 0 Å². The lowest BCUT2D eigenvalue weighted by atomic mass is 10.2. The van der Waals surface area contributed by atoms with Gasteiger partial charge in [-0.05, 0) is 25.8 Å². The van der Waals surface area contributed by atoms with E-state index in [0.29, 0.717) is 25.8 Å². The van der Waals surface area contributed by atoms with Crippen molar-refractivity contribution in [2.75, 3.05) is 6.54 Å². The fourth-order valence-corrected chi connectivity index (χ4v) is 0.636. The third-order valence-corrected chi connectivity index (χ3v) is 1.79. The van der Waals surface area contributed by atoms with Gasteiger partial charge in [0, 0.05) is 0 Å². The Balaban J connectivity index is 0. The van der Waals surface area contributed by atoms with Crippen molar-refractivity contribution in [2.45, 2.75) is 38.3 Å². The lowest BCUT2D eigenvalue weighted by Gasteiger charge is -2.02. The van der Waals surface area contributed by atoms with Crippen LogP contribution in [0.15, 0.2) is 0 Å². The normalized spacial score (nSPS) is 13.2. The molecule has 0 heterocycles. The molecule has 0 rings (SSSR count). The van der Waals surface area contributed by atoms with Crippen molar-refractivity contribution in [3.63, 3.8) is 0 Å². The predicted molar refractivity (Wildman–Crippen MR) is 59.8 cm³/mol. The molecule has 16 heavy (non-hydrogen) atoms. The molecule has 0 bridgehead atoms. The van der Waals surface area contributed by atoms with Crippen LogP contribution in [0.5, 0.6) is 0 Å². The summed E-state index contributed by atoms with van der Waals surface area (Å²) in [6.07, 6.45) is 1.63. The minimum atomic E-state index is -0.955. The van der Waals surface area contributed by atoms with Gasteiger partial charge in [0.1, 0.15) is 12.1 Å². The molecule has 0 radical (unpaired) electrons. The number of aliphatic carboxylic acids is 2. The molecular weight excluding hydrogens is 214 g/mol. The number of hydrogen-bond donors (Lipinski definition) is 5. The van der Waals surface area contributed by atoms with Crippen molar-refractivity contribution < 1.29 is 19.8 Å². The van der Waals surface area contributed by atoms with Crippen LogP contribution in [0.1, 0.15) is 26.2 Å². The van der Waals surface area contributed by atoms with Crippen LogP contribution in [0.2, 0.25) is 0 Å². The highest BCUT2D eigenvalue weighted by atomic mass is 16.4. The maximum Gasteiger partial charge on any atom is 0.320 e.